The minimum atomic E-state index is -3.68. The van der Waals surface area contributed by atoms with Crippen LogP contribution in [-0.4, -0.2) is 14.5 Å². The lowest BCUT2D eigenvalue weighted by Gasteiger charge is -2.13. The van der Waals surface area contributed by atoms with Crippen LogP contribution in [0.3, 0.4) is 0 Å². The molecular weight excluding hydrogens is 304 g/mol. The zero-order chi connectivity index (χ0) is 14.0. The van der Waals surface area contributed by atoms with E-state index in [0.717, 1.165) is 28.2 Å². The van der Waals surface area contributed by atoms with Crippen LogP contribution in [0, 0.1) is 0 Å². The van der Waals surface area contributed by atoms with Gasteiger partial charge >= 0.3 is 0 Å². The van der Waals surface area contributed by atoms with Crippen LogP contribution in [0.2, 0.25) is 0 Å². The average Bonchev–Trinajstić information content (AvgIpc) is 2.77. The number of para-hydroxylation sites is 1. The van der Waals surface area contributed by atoms with Gasteiger partial charge in [0.15, 0.2) is 0 Å². The molecule has 0 aliphatic carbocycles. The van der Waals surface area contributed by atoms with Crippen molar-refractivity contribution < 1.29 is 13.2 Å². The Hall–Kier alpha value is -1.04. The zero-order valence-corrected chi connectivity index (χ0v) is 12.8. The molecule has 2 rings (SSSR count). The highest BCUT2D eigenvalue weighted by Gasteiger charge is 2.15. The number of ether oxygens (including phenoxy) is 1. The summed E-state index contributed by atoms with van der Waals surface area (Å²) in [5.41, 5.74) is 1.65. The summed E-state index contributed by atoms with van der Waals surface area (Å²) in [5, 5.41) is 1.76. The topological polar surface area (TPSA) is 43.4 Å². The number of thiophene rings is 1. The molecule has 0 bridgehead atoms. The van der Waals surface area contributed by atoms with E-state index in [0.29, 0.717) is 0 Å². The van der Waals surface area contributed by atoms with Gasteiger partial charge in [-0.05, 0) is 31.5 Å². The van der Waals surface area contributed by atoms with Crippen LogP contribution in [0.5, 0.6) is 5.75 Å². The molecule has 0 radical (unpaired) electrons. The van der Waals surface area contributed by atoms with Gasteiger partial charge in [0.1, 0.15) is 9.96 Å². The number of halogens is 1. The van der Waals surface area contributed by atoms with Crippen molar-refractivity contribution >= 4 is 31.1 Å². The fraction of sp³-hybridized carbons (Fsp3) is 0.231. The lowest BCUT2D eigenvalue weighted by molar-refractivity contribution is 0.243. The van der Waals surface area contributed by atoms with Crippen molar-refractivity contribution in [2.24, 2.45) is 0 Å². The van der Waals surface area contributed by atoms with E-state index in [2.05, 4.69) is 0 Å². The Morgan fingerprint density at radius 1 is 1.26 bits per heavy atom. The van der Waals surface area contributed by atoms with Crippen molar-refractivity contribution in [2.75, 3.05) is 0 Å². The largest absolute Gasteiger partial charge is 0.490 e. The van der Waals surface area contributed by atoms with Crippen molar-refractivity contribution in [3.8, 4) is 16.9 Å². The van der Waals surface area contributed by atoms with Crippen LogP contribution in [0.15, 0.2) is 39.9 Å². The van der Waals surface area contributed by atoms with E-state index in [1.807, 2.05) is 38.1 Å². The summed E-state index contributed by atoms with van der Waals surface area (Å²) in [7, 11) is 1.66. The maximum Gasteiger partial charge on any atom is 0.270 e. The monoisotopic (exact) mass is 316 g/mol. The Labute approximate surface area is 121 Å². The summed E-state index contributed by atoms with van der Waals surface area (Å²) in [6.07, 6.45) is 0.0519. The van der Waals surface area contributed by atoms with Gasteiger partial charge < -0.3 is 4.74 Å². The van der Waals surface area contributed by atoms with Crippen molar-refractivity contribution in [1.29, 1.82) is 0 Å². The average molecular weight is 317 g/mol. The van der Waals surface area contributed by atoms with Crippen LogP contribution in [0.25, 0.3) is 11.1 Å². The van der Waals surface area contributed by atoms with Crippen molar-refractivity contribution in [2.45, 2.75) is 24.2 Å². The summed E-state index contributed by atoms with van der Waals surface area (Å²) >= 11 is 1.10. The van der Waals surface area contributed by atoms with Gasteiger partial charge in [-0.1, -0.05) is 18.2 Å². The Morgan fingerprint density at radius 2 is 1.95 bits per heavy atom. The van der Waals surface area contributed by atoms with E-state index < -0.39 is 9.05 Å². The van der Waals surface area contributed by atoms with E-state index in [4.69, 9.17) is 15.4 Å². The zero-order valence-electron chi connectivity index (χ0n) is 10.5. The molecule has 0 atom stereocenters. The van der Waals surface area contributed by atoms with Gasteiger partial charge in [0, 0.05) is 21.6 Å². The highest BCUT2D eigenvalue weighted by atomic mass is 35.7. The van der Waals surface area contributed by atoms with Crippen molar-refractivity contribution in [1.82, 2.24) is 0 Å². The van der Waals surface area contributed by atoms with Gasteiger partial charge in [-0.25, -0.2) is 8.42 Å². The molecule has 0 unspecified atom stereocenters. The molecule has 102 valence electrons. The summed E-state index contributed by atoms with van der Waals surface area (Å²) < 4.78 is 28.4. The van der Waals surface area contributed by atoms with Gasteiger partial charge in [0.25, 0.3) is 9.05 Å². The van der Waals surface area contributed by atoms with Crippen molar-refractivity contribution in [3.63, 3.8) is 0 Å². The van der Waals surface area contributed by atoms with Gasteiger partial charge in [-0.3, -0.25) is 0 Å². The molecule has 0 saturated carbocycles. The van der Waals surface area contributed by atoms with Crippen LogP contribution < -0.4 is 4.74 Å². The fourth-order valence-corrected chi connectivity index (χ4v) is 3.61. The predicted octanol–water partition coefficient (Wildman–Crippen LogP) is 4.13. The maximum atomic E-state index is 11.3. The molecule has 0 aliphatic heterocycles. The van der Waals surface area contributed by atoms with Crippen LogP contribution in [0.1, 0.15) is 13.8 Å². The first kappa shape index (κ1) is 14.4. The molecule has 19 heavy (non-hydrogen) atoms. The molecule has 0 amide bonds. The molecule has 1 aromatic heterocycles. The first-order valence-electron chi connectivity index (χ1n) is 5.67. The van der Waals surface area contributed by atoms with Gasteiger partial charge in [0.05, 0.1) is 6.10 Å². The third-order valence-electron chi connectivity index (χ3n) is 2.38. The van der Waals surface area contributed by atoms with E-state index in [9.17, 15) is 8.42 Å². The third-order valence-corrected chi connectivity index (χ3v) is 5.42. The second-order valence-electron chi connectivity index (χ2n) is 4.26. The number of hydrogen-bond donors (Lipinski definition) is 0. The number of hydrogen-bond acceptors (Lipinski definition) is 4. The molecule has 2 aromatic rings. The standard InChI is InChI=1S/C13H13ClO3S2/c1-9(2)17-12-6-4-3-5-11(12)10-7-13(18-8-10)19(14,15)16/h3-9H,1-2H3. The third kappa shape index (κ3) is 3.49. The molecule has 0 fully saturated rings. The summed E-state index contributed by atoms with van der Waals surface area (Å²) in [6, 6.07) is 9.09. The minimum absolute atomic E-state index is 0.0519. The lowest BCUT2D eigenvalue weighted by Crippen LogP contribution is -2.06. The smallest absolute Gasteiger partial charge is 0.270 e. The highest BCUT2D eigenvalue weighted by molar-refractivity contribution is 8.15. The number of benzene rings is 1. The predicted molar refractivity (Wildman–Crippen MR) is 78.6 cm³/mol. The SMILES string of the molecule is CC(C)Oc1ccccc1-c1csc(S(=O)(=O)Cl)c1. The fourth-order valence-electron chi connectivity index (χ4n) is 1.65. The minimum Gasteiger partial charge on any atom is -0.490 e. The first-order valence-corrected chi connectivity index (χ1v) is 8.86. The number of rotatable bonds is 4. The molecule has 6 heteroatoms. The quantitative estimate of drug-likeness (QED) is 0.797. The molecule has 3 nitrogen and oxygen atoms in total. The van der Waals surface area contributed by atoms with Gasteiger partial charge in [-0.2, -0.15) is 0 Å². The Kier molecular flexibility index (Phi) is 4.18. The molecule has 1 aromatic carbocycles. The van der Waals surface area contributed by atoms with E-state index >= 15 is 0 Å². The normalized spacial score (nSPS) is 11.8. The van der Waals surface area contributed by atoms with E-state index in [1.54, 1.807) is 11.4 Å². The maximum absolute atomic E-state index is 11.3. The Balaban J connectivity index is 2.45. The highest BCUT2D eigenvalue weighted by Crippen LogP contribution is 2.35. The summed E-state index contributed by atoms with van der Waals surface area (Å²) in [6.45, 7) is 3.89. The molecule has 0 saturated heterocycles. The second kappa shape index (κ2) is 5.53. The van der Waals surface area contributed by atoms with Crippen molar-refractivity contribution in [3.05, 3.63) is 35.7 Å². The lowest BCUT2D eigenvalue weighted by atomic mass is 10.1. The summed E-state index contributed by atoms with van der Waals surface area (Å²) in [4.78, 5) is 0. The molecular formula is C13H13ClO3S2. The van der Waals surface area contributed by atoms with Crippen LogP contribution in [-0.2, 0) is 9.05 Å². The van der Waals surface area contributed by atoms with Gasteiger partial charge in [0.2, 0.25) is 0 Å². The molecule has 0 spiro atoms. The Morgan fingerprint density at radius 3 is 2.53 bits per heavy atom. The molecule has 0 N–H and O–H groups in total. The van der Waals surface area contributed by atoms with Gasteiger partial charge in [-0.15, -0.1) is 11.3 Å². The molecule has 1 heterocycles. The summed E-state index contributed by atoms with van der Waals surface area (Å²) in [5.74, 6) is 0.730. The molecule has 0 aliphatic rings. The second-order valence-corrected chi connectivity index (χ2v) is 7.96. The van der Waals surface area contributed by atoms with E-state index in [-0.39, 0.29) is 10.3 Å². The first-order chi connectivity index (χ1) is 8.88. The Bertz CT molecular complexity index is 675. The van der Waals surface area contributed by atoms with Crippen LogP contribution in [0.4, 0.5) is 0 Å². The van der Waals surface area contributed by atoms with E-state index in [1.165, 1.54) is 0 Å². The van der Waals surface area contributed by atoms with Crippen LogP contribution >= 0.6 is 22.0 Å².